The predicted octanol–water partition coefficient (Wildman–Crippen LogP) is 1.93. The van der Waals surface area contributed by atoms with Gasteiger partial charge in [0.2, 0.25) is 0 Å². The third-order valence-corrected chi connectivity index (χ3v) is 2.48. The first kappa shape index (κ1) is 14.0. The lowest BCUT2D eigenvalue weighted by atomic mass is 10.0. The van der Waals surface area contributed by atoms with Crippen LogP contribution in [0.2, 0.25) is 0 Å². The molecule has 18 heavy (non-hydrogen) atoms. The Balaban J connectivity index is 2.73. The molecule has 0 radical (unpaired) electrons. The van der Waals surface area contributed by atoms with E-state index in [-0.39, 0.29) is 42.3 Å². The minimum atomic E-state index is -0.444. The highest BCUT2D eigenvalue weighted by molar-refractivity contribution is 6.00. The van der Waals surface area contributed by atoms with Gasteiger partial charge in [0.05, 0.1) is 18.6 Å². The quantitative estimate of drug-likeness (QED) is 0.618. The van der Waals surface area contributed by atoms with Crippen molar-refractivity contribution >= 4 is 11.8 Å². The molecule has 1 rings (SSSR count). The van der Waals surface area contributed by atoms with Gasteiger partial charge in [-0.1, -0.05) is 0 Å². The number of phenols is 2. The molecule has 0 spiro atoms. The Morgan fingerprint density at radius 1 is 1.17 bits per heavy atom. The number of hydrogen-bond donors (Lipinski definition) is 2. The molecule has 0 saturated heterocycles. The molecule has 0 aliphatic carbocycles. The Bertz CT molecular complexity index is 465. The molecule has 0 atom stereocenters. The normalized spacial score (nSPS) is 10.1. The van der Waals surface area contributed by atoms with Gasteiger partial charge in [-0.05, 0) is 25.5 Å². The number of aromatic hydroxyl groups is 2. The summed E-state index contributed by atoms with van der Waals surface area (Å²) in [5, 5.41) is 18.9. The maximum absolute atomic E-state index is 11.8. The van der Waals surface area contributed by atoms with Crippen LogP contribution in [0.5, 0.6) is 11.5 Å². The van der Waals surface area contributed by atoms with Crippen molar-refractivity contribution in [2.45, 2.75) is 26.7 Å². The summed E-state index contributed by atoms with van der Waals surface area (Å²) in [5.41, 5.74) is 0.599. The Kier molecular flexibility index (Phi) is 4.71. The largest absolute Gasteiger partial charge is 0.508 e. The van der Waals surface area contributed by atoms with E-state index in [1.807, 2.05) is 0 Å². The van der Waals surface area contributed by atoms with Crippen LogP contribution in [0, 0.1) is 6.92 Å². The van der Waals surface area contributed by atoms with Crippen LogP contribution in [0.3, 0.4) is 0 Å². The van der Waals surface area contributed by atoms with Crippen LogP contribution in [-0.4, -0.2) is 28.6 Å². The van der Waals surface area contributed by atoms with E-state index in [1.165, 1.54) is 6.07 Å². The minimum Gasteiger partial charge on any atom is -0.508 e. The summed E-state index contributed by atoms with van der Waals surface area (Å²) in [7, 11) is 0. The molecule has 1 aromatic rings. The number of hydrogen-bond acceptors (Lipinski definition) is 5. The maximum atomic E-state index is 11.8. The van der Waals surface area contributed by atoms with E-state index >= 15 is 0 Å². The van der Waals surface area contributed by atoms with E-state index in [2.05, 4.69) is 0 Å². The smallest absolute Gasteiger partial charge is 0.306 e. The van der Waals surface area contributed by atoms with Gasteiger partial charge in [-0.3, -0.25) is 9.59 Å². The zero-order valence-corrected chi connectivity index (χ0v) is 10.4. The Morgan fingerprint density at radius 2 is 1.83 bits per heavy atom. The molecule has 1 aromatic carbocycles. The van der Waals surface area contributed by atoms with Gasteiger partial charge in [0.15, 0.2) is 5.78 Å². The summed E-state index contributed by atoms with van der Waals surface area (Å²) >= 11 is 0. The van der Waals surface area contributed by atoms with Crippen LogP contribution in [0.1, 0.15) is 35.7 Å². The van der Waals surface area contributed by atoms with E-state index in [9.17, 15) is 19.8 Å². The van der Waals surface area contributed by atoms with Crippen molar-refractivity contribution in [1.29, 1.82) is 0 Å². The molecular weight excluding hydrogens is 236 g/mol. The van der Waals surface area contributed by atoms with Crippen LogP contribution < -0.4 is 0 Å². The zero-order chi connectivity index (χ0) is 13.7. The number of aryl methyl sites for hydroxylation is 1. The van der Waals surface area contributed by atoms with Gasteiger partial charge in [0.25, 0.3) is 0 Å². The Labute approximate surface area is 105 Å². The van der Waals surface area contributed by atoms with Crippen molar-refractivity contribution in [3.05, 3.63) is 23.3 Å². The molecule has 5 nitrogen and oxygen atoms in total. The molecule has 0 saturated carbocycles. The van der Waals surface area contributed by atoms with Crippen molar-refractivity contribution in [1.82, 2.24) is 0 Å². The standard InChI is InChI=1S/C13H16O5/c1-3-18-13(17)5-4-10(14)9-6-8(2)11(15)7-12(9)16/h6-7,15-16H,3-5H2,1-2H3. The average Bonchev–Trinajstić information content (AvgIpc) is 2.31. The number of benzene rings is 1. The van der Waals surface area contributed by atoms with Crippen LogP contribution >= 0.6 is 0 Å². The number of carbonyl (C=O) groups is 2. The molecule has 0 fully saturated rings. The van der Waals surface area contributed by atoms with Crippen LogP contribution in [0.25, 0.3) is 0 Å². The van der Waals surface area contributed by atoms with Crippen molar-refractivity contribution in [3.8, 4) is 11.5 Å². The van der Waals surface area contributed by atoms with Crippen molar-refractivity contribution < 1.29 is 24.5 Å². The number of carbonyl (C=O) groups excluding carboxylic acids is 2. The van der Waals surface area contributed by atoms with Gasteiger partial charge in [-0.25, -0.2) is 0 Å². The van der Waals surface area contributed by atoms with E-state index in [4.69, 9.17) is 4.74 Å². The number of phenolic OH excluding ortho intramolecular Hbond substituents is 2. The zero-order valence-electron chi connectivity index (χ0n) is 10.4. The summed E-state index contributed by atoms with van der Waals surface area (Å²) in [6, 6.07) is 2.52. The first-order valence-electron chi connectivity index (χ1n) is 5.67. The monoisotopic (exact) mass is 252 g/mol. The predicted molar refractivity (Wildman–Crippen MR) is 64.7 cm³/mol. The first-order valence-corrected chi connectivity index (χ1v) is 5.67. The fourth-order valence-corrected chi connectivity index (χ4v) is 1.49. The van der Waals surface area contributed by atoms with Gasteiger partial charge in [0.1, 0.15) is 11.5 Å². The van der Waals surface area contributed by atoms with Crippen LogP contribution in [0.4, 0.5) is 0 Å². The lowest BCUT2D eigenvalue weighted by Crippen LogP contribution is -2.08. The fraction of sp³-hybridized carbons (Fsp3) is 0.385. The highest BCUT2D eigenvalue weighted by Crippen LogP contribution is 2.27. The van der Waals surface area contributed by atoms with Gasteiger partial charge < -0.3 is 14.9 Å². The number of ketones is 1. The fourth-order valence-electron chi connectivity index (χ4n) is 1.49. The second-order valence-corrected chi connectivity index (χ2v) is 3.88. The Hall–Kier alpha value is -2.04. The summed E-state index contributed by atoms with van der Waals surface area (Å²) in [6.45, 7) is 3.59. The van der Waals surface area contributed by atoms with Gasteiger partial charge in [-0.2, -0.15) is 0 Å². The second kappa shape index (κ2) is 6.05. The third-order valence-electron chi connectivity index (χ3n) is 2.48. The topological polar surface area (TPSA) is 83.8 Å². The van der Waals surface area contributed by atoms with Crippen molar-refractivity contribution in [3.63, 3.8) is 0 Å². The number of esters is 1. The summed E-state index contributed by atoms with van der Waals surface area (Å²) in [5.74, 6) is -1.16. The third kappa shape index (κ3) is 3.48. The minimum absolute atomic E-state index is 0.0218. The van der Waals surface area contributed by atoms with Crippen LogP contribution in [0.15, 0.2) is 12.1 Å². The van der Waals surface area contributed by atoms with E-state index < -0.39 is 5.97 Å². The molecule has 0 unspecified atom stereocenters. The summed E-state index contributed by atoms with van der Waals surface area (Å²) in [4.78, 5) is 22.9. The van der Waals surface area contributed by atoms with Gasteiger partial charge in [0, 0.05) is 12.5 Å². The van der Waals surface area contributed by atoms with Crippen LogP contribution in [-0.2, 0) is 9.53 Å². The molecule has 0 heterocycles. The second-order valence-electron chi connectivity index (χ2n) is 3.88. The molecule has 0 amide bonds. The van der Waals surface area contributed by atoms with Crippen molar-refractivity contribution in [2.75, 3.05) is 6.61 Å². The lowest BCUT2D eigenvalue weighted by Gasteiger charge is -2.06. The average molecular weight is 252 g/mol. The van der Waals surface area contributed by atoms with Gasteiger partial charge >= 0.3 is 5.97 Å². The highest BCUT2D eigenvalue weighted by Gasteiger charge is 2.15. The number of rotatable bonds is 5. The maximum Gasteiger partial charge on any atom is 0.306 e. The first-order chi connectivity index (χ1) is 8.45. The molecule has 0 aliphatic heterocycles. The Morgan fingerprint density at radius 3 is 2.44 bits per heavy atom. The van der Waals surface area contributed by atoms with E-state index in [0.717, 1.165) is 6.07 Å². The van der Waals surface area contributed by atoms with Crippen molar-refractivity contribution in [2.24, 2.45) is 0 Å². The molecule has 0 aliphatic rings. The molecule has 0 aromatic heterocycles. The molecule has 0 bridgehead atoms. The molecule has 2 N–H and O–H groups in total. The SMILES string of the molecule is CCOC(=O)CCC(=O)c1cc(C)c(O)cc1O. The number of ether oxygens (including phenoxy) is 1. The molecular formula is C13H16O5. The molecule has 5 heteroatoms. The summed E-state index contributed by atoms with van der Waals surface area (Å²) < 4.78 is 4.71. The molecule has 98 valence electrons. The summed E-state index contributed by atoms with van der Waals surface area (Å²) in [6.07, 6.45) is -0.0529. The van der Waals surface area contributed by atoms with E-state index in [1.54, 1.807) is 13.8 Å². The lowest BCUT2D eigenvalue weighted by molar-refractivity contribution is -0.143. The van der Waals surface area contributed by atoms with Gasteiger partial charge in [-0.15, -0.1) is 0 Å². The van der Waals surface area contributed by atoms with E-state index in [0.29, 0.717) is 5.56 Å². The highest BCUT2D eigenvalue weighted by atomic mass is 16.5. The number of Topliss-reactive ketones (excluding diaryl/α,β-unsaturated/α-hetero) is 1.